The van der Waals surface area contributed by atoms with Crippen molar-refractivity contribution in [2.24, 2.45) is 5.10 Å². The number of nitro groups is 2. The van der Waals surface area contributed by atoms with Crippen LogP contribution in [0, 0.1) is 20.2 Å². The Morgan fingerprint density at radius 2 is 2.00 bits per heavy atom. The molecule has 0 amide bonds. The van der Waals surface area contributed by atoms with Crippen LogP contribution in [-0.4, -0.2) is 16.1 Å². The van der Waals surface area contributed by atoms with E-state index in [-0.39, 0.29) is 11.4 Å². The van der Waals surface area contributed by atoms with Crippen LogP contribution in [0.15, 0.2) is 46.3 Å². The van der Waals surface area contributed by atoms with Crippen molar-refractivity contribution in [3.63, 3.8) is 0 Å². The van der Waals surface area contributed by atoms with Gasteiger partial charge in [-0.15, -0.1) is 0 Å². The molecule has 0 aliphatic carbocycles. The first-order valence-electron chi connectivity index (χ1n) is 5.32. The maximum atomic E-state index is 10.9. The first-order chi connectivity index (χ1) is 9.58. The molecule has 2 rings (SSSR count). The molecule has 9 heteroatoms. The Morgan fingerprint density at radius 3 is 2.60 bits per heavy atom. The van der Waals surface area contributed by atoms with E-state index in [9.17, 15) is 20.2 Å². The topological polar surface area (TPSA) is 124 Å². The fraction of sp³-hybridized carbons (Fsp3) is 0. The lowest BCUT2D eigenvalue weighted by atomic mass is 10.2. The molecule has 2 aromatic rings. The molecule has 1 heterocycles. The summed E-state index contributed by atoms with van der Waals surface area (Å²) in [6.07, 6.45) is 4.29. The highest BCUT2D eigenvalue weighted by atomic mass is 16.6. The number of nitro benzene ring substituents is 2. The van der Waals surface area contributed by atoms with Crippen LogP contribution < -0.4 is 5.43 Å². The van der Waals surface area contributed by atoms with Gasteiger partial charge in [0.15, 0.2) is 0 Å². The molecule has 0 aliphatic rings. The van der Waals surface area contributed by atoms with E-state index >= 15 is 0 Å². The van der Waals surface area contributed by atoms with E-state index in [0.29, 0.717) is 5.56 Å². The zero-order chi connectivity index (χ0) is 14.5. The average Bonchev–Trinajstić information content (AvgIpc) is 2.91. The van der Waals surface area contributed by atoms with Gasteiger partial charge in [0.05, 0.1) is 34.7 Å². The van der Waals surface area contributed by atoms with E-state index in [1.165, 1.54) is 24.8 Å². The predicted molar refractivity (Wildman–Crippen MR) is 69.7 cm³/mol. The van der Waals surface area contributed by atoms with Crippen molar-refractivity contribution in [3.8, 4) is 0 Å². The van der Waals surface area contributed by atoms with E-state index < -0.39 is 15.5 Å². The van der Waals surface area contributed by atoms with Crippen molar-refractivity contribution in [2.45, 2.75) is 0 Å². The molecule has 1 aromatic heterocycles. The molecule has 0 atom stereocenters. The second kappa shape index (κ2) is 5.61. The quantitative estimate of drug-likeness (QED) is 0.508. The fourth-order valence-electron chi connectivity index (χ4n) is 1.40. The first kappa shape index (κ1) is 13.2. The molecular formula is C11H8N4O5. The summed E-state index contributed by atoms with van der Waals surface area (Å²) in [4.78, 5) is 20.0. The monoisotopic (exact) mass is 276 g/mol. The second-order valence-electron chi connectivity index (χ2n) is 3.64. The molecule has 0 fully saturated rings. The minimum atomic E-state index is -0.720. The normalized spacial score (nSPS) is 10.6. The molecule has 0 unspecified atom stereocenters. The summed E-state index contributed by atoms with van der Waals surface area (Å²) < 4.78 is 4.82. The van der Waals surface area contributed by atoms with E-state index in [4.69, 9.17) is 4.42 Å². The third-order valence-electron chi connectivity index (χ3n) is 2.33. The molecule has 0 bridgehead atoms. The number of non-ortho nitro benzene ring substituents is 1. The van der Waals surface area contributed by atoms with E-state index in [0.717, 1.165) is 12.1 Å². The number of hydrazone groups is 1. The van der Waals surface area contributed by atoms with Gasteiger partial charge in [0.1, 0.15) is 5.69 Å². The van der Waals surface area contributed by atoms with Crippen molar-refractivity contribution in [2.75, 3.05) is 5.43 Å². The summed E-state index contributed by atoms with van der Waals surface area (Å²) in [6.45, 7) is 0. The lowest BCUT2D eigenvalue weighted by Crippen LogP contribution is -1.98. The van der Waals surface area contributed by atoms with Crippen molar-refractivity contribution < 1.29 is 14.3 Å². The van der Waals surface area contributed by atoms with E-state index in [1.54, 1.807) is 6.07 Å². The third-order valence-corrected chi connectivity index (χ3v) is 2.33. The van der Waals surface area contributed by atoms with Crippen LogP contribution in [0.2, 0.25) is 0 Å². The van der Waals surface area contributed by atoms with Gasteiger partial charge in [-0.25, -0.2) is 0 Å². The van der Waals surface area contributed by atoms with Crippen molar-refractivity contribution in [3.05, 3.63) is 62.6 Å². The van der Waals surface area contributed by atoms with Crippen molar-refractivity contribution >= 4 is 23.3 Å². The summed E-state index contributed by atoms with van der Waals surface area (Å²) >= 11 is 0. The van der Waals surface area contributed by atoms with Crippen LogP contribution >= 0.6 is 0 Å². The maximum absolute atomic E-state index is 10.9. The van der Waals surface area contributed by atoms with Gasteiger partial charge in [-0.1, -0.05) is 0 Å². The molecule has 102 valence electrons. The molecule has 0 saturated carbocycles. The Bertz CT molecular complexity index is 665. The van der Waals surface area contributed by atoms with Gasteiger partial charge >= 0.3 is 5.69 Å². The molecule has 0 aliphatic heterocycles. The van der Waals surface area contributed by atoms with Gasteiger partial charge in [-0.2, -0.15) is 5.10 Å². The Hall–Kier alpha value is -3.23. The number of rotatable bonds is 5. The van der Waals surface area contributed by atoms with Crippen LogP contribution in [-0.2, 0) is 0 Å². The van der Waals surface area contributed by atoms with Gasteiger partial charge < -0.3 is 4.42 Å². The standard InChI is InChI=1S/C11H8N4O5/c16-14(17)9-1-2-10(11(5-9)15(18)19)13-12-6-8-3-4-20-7-8/h1-7,13H/b12-6+. The minimum Gasteiger partial charge on any atom is -0.472 e. The summed E-state index contributed by atoms with van der Waals surface area (Å²) in [6, 6.07) is 4.90. The number of nitrogens with zero attached hydrogens (tertiary/aromatic N) is 3. The number of furan rings is 1. The van der Waals surface area contributed by atoms with Crippen LogP contribution in [0.1, 0.15) is 5.56 Å². The van der Waals surface area contributed by atoms with Gasteiger partial charge in [-0.05, 0) is 12.1 Å². The van der Waals surface area contributed by atoms with Gasteiger partial charge in [0, 0.05) is 11.6 Å². The number of anilines is 1. The molecule has 0 radical (unpaired) electrons. The Labute approximate surface area is 111 Å². The predicted octanol–water partition coefficient (Wildman–Crippen LogP) is 2.54. The summed E-state index contributed by atoms with van der Waals surface area (Å²) in [5, 5.41) is 25.2. The second-order valence-corrected chi connectivity index (χ2v) is 3.64. The number of nitrogens with one attached hydrogen (secondary N) is 1. The number of benzene rings is 1. The van der Waals surface area contributed by atoms with Crippen molar-refractivity contribution in [1.29, 1.82) is 0 Å². The summed E-state index contributed by atoms with van der Waals surface area (Å²) in [5.74, 6) is 0. The SMILES string of the molecule is O=[N+]([O-])c1ccc(N/N=C/c2ccoc2)c([N+](=O)[O-])c1. The third kappa shape index (κ3) is 2.96. The molecule has 0 saturated heterocycles. The van der Waals surface area contributed by atoms with Gasteiger partial charge in [0.25, 0.3) is 5.69 Å². The van der Waals surface area contributed by atoms with Crippen LogP contribution in [0.25, 0.3) is 0 Å². The van der Waals surface area contributed by atoms with E-state index in [2.05, 4.69) is 10.5 Å². The molecule has 0 spiro atoms. The summed E-state index contributed by atoms with van der Waals surface area (Å²) in [5.41, 5.74) is 2.40. The lowest BCUT2D eigenvalue weighted by Gasteiger charge is -2.01. The lowest BCUT2D eigenvalue weighted by molar-refractivity contribution is -0.393. The number of hydrogen-bond acceptors (Lipinski definition) is 7. The van der Waals surface area contributed by atoms with Crippen LogP contribution in [0.3, 0.4) is 0 Å². The Balaban J connectivity index is 2.22. The van der Waals surface area contributed by atoms with Crippen molar-refractivity contribution in [1.82, 2.24) is 0 Å². The Morgan fingerprint density at radius 1 is 1.20 bits per heavy atom. The summed E-state index contributed by atoms with van der Waals surface area (Å²) in [7, 11) is 0. The smallest absolute Gasteiger partial charge is 0.301 e. The largest absolute Gasteiger partial charge is 0.472 e. The Kier molecular flexibility index (Phi) is 3.70. The van der Waals surface area contributed by atoms with Crippen LogP contribution in [0.5, 0.6) is 0 Å². The molecular weight excluding hydrogens is 268 g/mol. The highest BCUT2D eigenvalue weighted by molar-refractivity contribution is 5.80. The fourth-order valence-corrected chi connectivity index (χ4v) is 1.40. The number of hydrogen-bond donors (Lipinski definition) is 1. The maximum Gasteiger partial charge on any atom is 0.301 e. The van der Waals surface area contributed by atoms with Gasteiger partial charge in [0.2, 0.25) is 0 Å². The van der Waals surface area contributed by atoms with E-state index in [1.807, 2.05) is 0 Å². The first-order valence-corrected chi connectivity index (χ1v) is 5.32. The molecule has 20 heavy (non-hydrogen) atoms. The highest BCUT2D eigenvalue weighted by Gasteiger charge is 2.18. The van der Waals surface area contributed by atoms with Gasteiger partial charge in [-0.3, -0.25) is 25.7 Å². The highest BCUT2D eigenvalue weighted by Crippen LogP contribution is 2.28. The molecule has 1 N–H and O–H groups in total. The average molecular weight is 276 g/mol. The zero-order valence-electron chi connectivity index (χ0n) is 9.92. The molecule has 1 aromatic carbocycles. The zero-order valence-corrected chi connectivity index (χ0v) is 9.92. The van der Waals surface area contributed by atoms with Crippen LogP contribution in [0.4, 0.5) is 17.1 Å². The molecule has 9 nitrogen and oxygen atoms in total. The minimum absolute atomic E-state index is 0.0559.